The van der Waals surface area contributed by atoms with Gasteiger partial charge in [0.15, 0.2) is 5.41 Å². The summed E-state index contributed by atoms with van der Waals surface area (Å²) in [7, 11) is 0. The van der Waals surface area contributed by atoms with Gasteiger partial charge in [0.2, 0.25) is 0 Å². The van der Waals surface area contributed by atoms with E-state index in [4.69, 9.17) is 5.73 Å². The highest BCUT2D eigenvalue weighted by molar-refractivity contribution is 5.56. The Balaban J connectivity index is 2.02. The average Bonchev–Trinajstić information content (AvgIpc) is 2.70. The Morgan fingerprint density at radius 2 is 1.89 bits per heavy atom. The second-order valence-electron chi connectivity index (χ2n) is 7.27. The van der Waals surface area contributed by atoms with Crippen LogP contribution in [0.1, 0.15) is 25.3 Å². The van der Waals surface area contributed by atoms with E-state index < -0.39 is 5.41 Å². The molecule has 2 atom stereocenters. The van der Waals surface area contributed by atoms with Crippen LogP contribution in [0.25, 0.3) is 0 Å². The van der Waals surface area contributed by atoms with Gasteiger partial charge >= 0.3 is 0 Å². The van der Waals surface area contributed by atoms with Crippen molar-refractivity contribution in [1.29, 1.82) is 15.8 Å². The summed E-state index contributed by atoms with van der Waals surface area (Å²) in [6, 6.07) is 16.7. The number of hydrogen-bond donors (Lipinski definition) is 1. The quantitative estimate of drug-likeness (QED) is 0.891. The Kier molecular flexibility index (Phi) is 5.31. The number of nitrogens with two attached hydrogens (primary N) is 1. The standard InChI is InChI=1S/C22H23N5/c1-2-6-20-19-13-27(12-16-7-4-3-5-8-16)10-9-17(19)18(11-23)21(26)22(20,14-24)15-25/h3-5,7-9,19-20H,2,6,10,12-13,26H2,1H3/t19-,20+/m1/s1. The predicted molar refractivity (Wildman–Crippen MR) is 102 cm³/mol. The first kappa shape index (κ1) is 18.7. The van der Waals surface area contributed by atoms with Crippen LogP contribution in [-0.4, -0.2) is 18.0 Å². The van der Waals surface area contributed by atoms with E-state index in [9.17, 15) is 15.8 Å². The van der Waals surface area contributed by atoms with Gasteiger partial charge in [-0.2, -0.15) is 15.8 Å². The van der Waals surface area contributed by atoms with Gasteiger partial charge in [-0.3, -0.25) is 4.90 Å². The SMILES string of the molecule is CCC[C@H]1[C@@H]2CN(Cc3ccccc3)CC=C2C(C#N)=C(N)C1(C#N)C#N. The summed E-state index contributed by atoms with van der Waals surface area (Å²) in [4.78, 5) is 2.31. The van der Waals surface area contributed by atoms with Crippen molar-refractivity contribution in [2.75, 3.05) is 13.1 Å². The second kappa shape index (κ2) is 7.67. The first-order chi connectivity index (χ1) is 13.1. The first-order valence-corrected chi connectivity index (χ1v) is 9.30. The maximum atomic E-state index is 9.88. The van der Waals surface area contributed by atoms with Crippen LogP contribution in [0, 0.1) is 51.2 Å². The van der Waals surface area contributed by atoms with Gasteiger partial charge in [-0.15, -0.1) is 0 Å². The summed E-state index contributed by atoms with van der Waals surface area (Å²) in [6.07, 6.45) is 3.64. The number of rotatable bonds is 4. The number of allylic oxidation sites excluding steroid dienone is 2. The molecule has 0 aromatic heterocycles. The smallest absolute Gasteiger partial charge is 0.187 e. The molecule has 0 spiro atoms. The van der Waals surface area contributed by atoms with Gasteiger partial charge in [-0.05, 0) is 17.6 Å². The topological polar surface area (TPSA) is 101 Å². The Morgan fingerprint density at radius 3 is 2.48 bits per heavy atom. The van der Waals surface area contributed by atoms with Crippen LogP contribution in [0.3, 0.4) is 0 Å². The molecular weight excluding hydrogens is 334 g/mol. The van der Waals surface area contributed by atoms with Crippen LogP contribution < -0.4 is 5.73 Å². The zero-order chi connectivity index (χ0) is 19.4. The molecule has 0 unspecified atom stereocenters. The van der Waals surface area contributed by atoms with Gasteiger partial charge in [0.1, 0.15) is 6.07 Å². The number of nitriles is 3. The van der Waals surface area contributed by atoms with Crippen molar-refractivity contribution in [3.8, 4) is 18.2 Å². The Labute approximate surface area is 160 Å². The number of nitrogens with zero attached hydrogens (tertiary/aromatic N) is 4. The highest BCUT2D eigenvalue weighted by Gasteiger charge is 2.53. The predicted octanol–water partition coefficient (Wildman–Crippen LogP) is 3.24. The summed E-state index contributed by atoms with van der Waals surface area (Å²) in [5.74, 6) is -0.247. The van der Waals surface area contributed by atoms with Gasteiger partial charge < -0.3 is 5.73 Å². The summed E-state index contributed by atoms with van der Waals surface area (Å²) in [5, 5.41) is 29.4. The molecule has 0 fully saturated rings. The molecule has 1 aliphatic carbocycles. The van der Waals surface area contributed by atoms with Crippen LogP contribution in [0.15, 0.2) is 53.3 Å². The Morgan fingerprint density at radius 1 is 1.19 bits per heavy atom. The van der Waals surface area contributed by atoms with Crippen molar-refractivity contribution >= 4 is 0 Å². The largest absolute Gasteiger partial charge is 0.399 e. The molecule has 2 aliphatic rings. The third-order valence-electron chi connectivity index (χ3n) is 5.76. The summed E-state index contributed by atoms with van der Waals surface area (Å²) < 4.78 is 0. The van der Waals surface area contributed by atoms with Gasteiger partial charge in [0, 0.05) is 31.5 Å². The minimum atomic E-state index is -1.43. The van der Waals surface area contributed by atoms with E-state index >= 15 is 0 Å². The molecule has 5 nitrogen and oxygen atoms in total. The first-order valence-electron chi connectivity index (χ1n) is 9.30. The molecule has 1 aromatic rings. The zero-order valence-corrected chi connectivity index (χ0v) is 15.5. The van der Waals surface area contributed by atoms with Gasteiger partial charge in [-0.1, -0.05) is 49.8 Å². The molecule has 3 rings (SSSR count). The molecule has 0 saturated carbocycles. The Hall–Kier alpha value is -3.07. The molecule has 2 N–H and O–H groups in total. The fourth-order valence-electron chi connectivity index (χ4n) is 4.45. The van der Waals surface area contributed by atoms with Crippen molar-refractivity contribution in [1.82, 2.24) is 4.90 Å². The third kappa shape index (κ3) is 3.10. The van der Waals surface area contributed by atoms with Gasteiger partial charge in [-0.25, -0.2) is 0 Å². The molecule has 5 heteroatoms. The molecule has 1 heterocycles. The summed E-state index contributed by atoms with van der Waals surface area (Å²) in [6.45, 7) is 4.29. The van der Waals surface area contributed by atoms with Crippen LogP contribution >= 0.6 is 0 Å². The van der Waals surface area contributed by atoms with Crippen molar-refractivity contribution in [2.45, 2.75) is 26.3 Å². The molecule has 0 radical (unpaired) electrons. The highest BCUT2D eigenvalue weighted by Crippen LogP contribution is 2.51. The third-order valence-corrected chi connectivity index (χ3v) is 5.76. The van der Waals surface area contributed by atoms with Crippen molar-refractivity contribution in [3.63, 3.8) is 0 Å². The monoisotopic (exact) mass is 357 g/mol. The van der Waals surface area contributed by atoms with Crippen molar-refractivity contribution < 1.29 is 0 Å². The summed E-state index contributed by atoms with van der Waals surface area (Å²) in [5.41, 5.74) is 7.40. The van der Waals surface area contributed by atoms with Gasteiger partial charge in [0.05, 0.1) is 23.4 Å². The number of fused-ring (bicyclic) bond motifs is 1. The second-order valence-corrected chi connectivity index (χ2v) is 7.27. The number of benzene rings is 1. The van der Waals surface area contributed by atoms with Crippen LogP contribution in [0.4, 0.5) is 0 Å². The van der Waals surface area contributed by atoms with Crippen LogP contribution in [0.2, 0.25) is 0 Å². The average molecular weight is 357 g/mol. The van der Waals surface area contributed by atoms with Crippen molar-refractivity contribution in [3.05, 3.63) is 58.8 Å². The summed E-state index contributed by atoms with van der Waals surface area (Å²) >= 11 is 0. The molecule has 0 saturated heterocycles. The maximum absolute atomic E-state index is 9.88. The van der Waals surface area contributed by atoms with E-state index in [-0.39, 0.29) is 17.5 Å². The molecule has 0 bridgehead atoms. The normalized spacial score (nSPS) is 24.1. The molecule has 1 aliphatic heterocycles. The van der Waals surface area contributed by atoms with Crippen LogP contribution in [0.5, 0.6) is 0 Å². The van der Waals surface area contributed by atoms with Crippen molar-refractivity contribution in [2.24, 2.45) is 23.0 Å². The van der Waals surface area contributed by atoms with E-state index in [1.165, 1.54) is 5.56 Å². The van der Waals surface area contributed by atoms with E-state index in [1.807, 2.05) is 25.1 Å². The van der Waals surface area contributed by atoms with E-state index in [0.29, 0.717) is 5.57 Å². The molecule has 27 heavy (non-hydrogen) atoms. The lowest BCUT2D eigenvalue weighted by Crippen LogP contribution is -2.49. The van der Waals surface area contributed by atoms with Gasteiger partial charge in [0.25, 0.3) is 0 Å². The van der Waals surface area contributed by atoms with E-state index in [2.05, 4.69) is 41.3 Å². The fraction of sp³-hybridized carbons (Fsp3) is 0.409. The lowest BCUT2D eigenvalue weighted by molar-refractivity contribution is 0.155. The fourth-order valence-corrected chi connectivity index (χ4v) is 4.45. The molecule has 1 aromatic carbocycles. The number of hydrogen-bond acceptors (Lipinski definition) is 5. The zero-order valence-electron chi connectivity index (χ0n) is 15.5. The van der Waals surface area contributed by atoms with E-state index in [0.717, 1.165) is 38.0 Å². The molecule has 0 amide bonds. The molecule has 136 valence electrons. The maximum Gasteiger partial charge on any atom is 0.187 e. The minimum absolute atomic E-state index is 0.0383. The Bertz CT molecular complexity index is 877. The minimum Gasteiger partial charge on any atom is -0.399 e. The molecular formula is C22H23N5. The van der Waals surface area contributed by atoms with Crippen LogP contribution in [-0.2, 0) is 6.54 Å². The lowest BCUT2D eigenvalue weighted by atomic mass is 9.59. The highest BCUT2D eigenvalue weighted by atomic mass is 15.1. The van der Waals surface area contributed by atoms with E-state index in [1.54, 1.807) is 0 Å². The lowest BCUT2D eigenvalue weighted by Gasteiger charge is -2.45.